The van der Waals surface area contributed by atoms with Crippen molar-refractivity contribution in [1.29, 1.82) is 0 Å². The van der Waals surface area contributed by atoms with Gasteiger partial charge in [0.15, 0.2) is 0 Å². The van der Waals surface area contributed by atoms with E-state index in [9.17, 15) is 4.79 Å². The van der Waals surface area contributed by atoms with E-state index in [1.165, 1.54) is 32.8 Å². The highest BCUT2D eigenvalue weighted by molar-refractivity contribution is 5.77. The molecule has 0 spiro atoms. The van der Waals surface area contributed by atoms with Gasteiger partial charge in [0, 0.05) is 0 Å². The molecule has 0 aromatic carbocycles. The normalized spacial score (nSPS) is 25.9. The first-order valence-electron chi connectivity index (χ1n) is 5.35. The van der Waals surface area contributed by atoms with Crippen molar-refractivity contribution in [1.82, 2.24) is 0 Å². The van der Waals surface area contributed by atoms with Crippen LogP contribution >= 0.6 is 0 Å². The molecule has 0 atom stereocenters. The number of rotatable bonds is 3. The van der Waals surface area contributed by atoms with Crippen LogP contribution in [0.2, 0.25) is 0 Å². The Morgan fingerprint density at radius 1 is 1.38 bits per heavy atom. The summed E-state index contributed by atoms with van der Waals surface area (Å²) in [5, 5.41) is 0. The van der Waals surface area contributed by atoms with Crippen LogP contribution in [0.1, 0.15) is 44.9 Å². The highest BCUT2D eigenvalue weighted by Crippen LogP contribution is 2.49. The van der Waals surface area contributed by atoms with Crippen LogP contribution in [0.25, 0.3) is 0 Å². The topological polar surface area (TPSA) is 26.3 Å². The highest BCUT2D eigenvalue weighted by Gasteiger charge is 2.45. The summed E-state index contributed by atoms with van der Waals surface area (Å²) in [6.45, 7) is 0. The number of carbonyl (C=O) groups is 1. The predicted molar refractivity (Wildman–Crippen MR) is 50.3 cm³/mol. The molecule has 2 heteroatoms. The summed E-state index contributed by atoms with van der Waals surface area (Å²) >= 11 is 0. The number of carbonyl (C=O) groups excluding carboxylic acids is 1. The highest BCUT2D eigenvalue weighted by atomic mass is 16.5. The Kier molecular flexibility index (Phi) is 2.31. The molecule has 0 aromatic heterocycles. The fourth-order valence-corrected chi connectivity index (χ4v) is 2.63. The van der Waals surface area contributed by atoms with E-state index in [0.717, 1.165) is 25.2 Å². The average molecular weight is 182 g/mol. The summed E-state index contributed by atoms with van der Waals surface area (Å²) in [6, 6.07) is 0. The maximum Gasteiger partial charge on any atom is 0.311 e. The fourth-order valence-electron chi connectivity index (χ4n) is 2.63. The molecule has 0 N–H and O–H groups in total. The van der Waals surface area contributed by atoms with Crippen LogP contribution in [-0.2, 0) is 9.53 Å². The molecule has 2 saturated carbocycles. The van der Waals surface area contributed by atoms with Gasteiger partial charge in [-0.3, -0.25) is 4.79 Å². The summed E-state index contributed by atoms with van der Waals surface area (Å²) in [5.74, 6) is 0.883. The second-order valence-corrected chi connectivity index (χ2v) is 4.63. The molecule has 0 bridgehead atoms. The lowest BCUT2D eigenvalue weighted by molar-refractivity contribution is -0.153. The molecule has 2 rings (SSSR count). The van der Waals surface area contributed by atoms with Gasteiger partial charge in [-0.15, -0.1) is 0 Å². The summed E-state index contributed by atoms with van der Waals surface area (Å²) in [7, 11) is 1.52. The lowest BCUT2D eigenvalue weighted by Crippen LogP contribution is -2.29. The van der Waals surface area contributed by atoms with E-state index in [4.69, 9.17) is 4.74 Å². The minimum Gasteiger partial charge on any atom is -0.469 e. The van der Waals surface area contributed by atoms with Crippen molar-refractivity contribution in [2.75, 3.05) is 7.11 Å². The van der Waals surface area contributed by atoms with Crippen molar-refractivity contribution in [2.24, 2.45) is 11.3 Å². The molecule has 0 saturated heterocycles. The van der Waals surface area contributed by atoms with Gasteiger partial charge in [-0.1, -0.05) is 25.7 Å². The third kappa shape index (κ3) is 1.72. The van der Waals surface area contributed by atoms with Gasteiger partial charge in [-0.2, -0.15) is 0 Å². The number of ether oxygens (including phenoxy) is 1. The van der Waals surface area contributed by atoms with E-state index in [0.29, 0.717) is 0 Å². The Hall–Kier alpha value is -0.530. The Bertz CT molecular complexity index is 200. The number of esters is 1. The molecular formula is C11H18O2. The van der Waals surface area contributed by atoms with Crippen LogP contribution in [0, 0.1) is 11.3 Å². The third-order valence-electron chi connectivity index (χ3n) is 3.56. The van der Waals surface area contributed by atoms with Crippen LogP contribution in [0.5, 0.6) is 0 Å². The molecule has 2 nitrogen and oxygen atoms in total. The zero-order valence-corrected chi connectivity index (χ0v) is 8.34. The SMILES string of the molecule is COC(=O)C1(CC2CC2)CCCC1. The van der Waals surface area contributed by atoms with Crippen molar-refractivity contribution in [3.63, 3.8) is 0 Å². The first-order chi connectivity index (χ1) is 6.27. The minimum absolute atomic E-state index is 0.0527. The Morgan fingerprint density at radius 3 is 2.46 bits per heavy atom. The quantitative estimate of drug-likeness (QED) is 0.627. The number of hydrogen-bond acceptors (Lipinski definition) is 2. The van der Waals surface area contributed by atoms with Gasteiger partial charge in [0.1, 0.15) is 0 Å². The van der Waals surface area contributed by atoms with Crippen molar-refractivity contribution in [2.45, 2.75) is 44.9 Å². The monoisotopic (exact) mass is 182 g/mol. The van der Waals surface area contributed by atoms with Crippen LogP contribution in [0.3, 0.4) is 0 Å². The van der Waals surface area contributed by atoms with Gasteiger partial charge in [-0.25, -0.2) is 0 Å². The van der Waals surface area contributed by atoms with Crippen LogP contribution < -0.4 is 0 Å². The standard InChI is InChI=1S/C11H18O2/c1-13-10(12)11(6-2-3-7-11)8-9-4-5-9/h9H,2-8H2,1H3. The third-order valence-corrected chi connectivity index (χ3v) is 3.56. The van der Waals surface area contributed by atoms with Crippen LogP contribution in [0.15, 0.2) is 0 Å². The first kappa shape index (κ1) is 9.04. The van der Waals surface area contributed by atoms with E-state index in [-0.39, 0.29) is 11.4 Å². The van der Waals surface area contributed by atoms with Crippen LogP contribution in [-0.4, -0.2) is 13.1 Å². The van der Waals surface area contributed by atoms with Gasteiger partial charge >= 0.3 is 5.97 Å². The first-order valence-corrected chi connectivity index (χ1v) is 5.35. The predicted octanol–water partition coefficient (Wildman–Crippen LogP) is 2.52. The molecule has 13 heavy (non-hydrogen) atoms. The largest absolute Gasteiger partial charge is 0.469 e. The molecule has 0 radical (unpaired) electrons. The molecule has 0 heterocycles. The smallest absolute Gasteiger partial charge is 0.311 e. The van der Waals surface area contributed by atoms with Gasteiger partial charge in [-0.05, 0) is 25.2 Å². The van der Waals surface area contributed by atoms with Gasteiger partial charge in [0.25, 0.3) is 0 Å². The lowest BCUT2D eigenvalue weighted by atomic mass is 9.81. The van der Waals surface area contributed by atoms with E-state index in [1.807, 2.05) is 0 Å². The number of hydrogen-bond donors (Lipinski definition) is 0. The maximum atomic E-state index is 11.7. The van der Waals surface area contributed by atoms with Gasteiger partial charge in [0.2, 0.25) is 0 Å². The summed E-state index contributed by atoms with van der Waals surface area (Å²) in [4.78, 5) is 11.7. The second-order valence-electron chi connectivity index (χ2n) is 4.63. The lowest BCUT2D eigenvalue weighted by Gasteiger charge is -2.25. The van der Waals surface area contributed by atoms with Gasteiger partial charge in [0.05, 0.1) is 12.5 Å². The second kappa shape index (κ2) is 3.32. The van der Waals surface area contributed by atoms with Gasteiger partial charge < -0.3 is 4.74 Å². The molecule has 0 amide bonds. The number of methoxy groups -OCH3 is 1. The molecular weight excluding hydrogens is 164 g/mol. The van der Waals surface area contributed by atoms with Crippen LogP contribution in [0.4, 0.5) is 0 Å². The zero-order chi connectivity index (χ0) is 9.31. The fraction of sp³-hybridized carbons (Fsp3) is 0.909. The van der Waals surface area contributed by atoms with Crippen molar-refractivity contribution in [3.05, 3.63) is 0 Å². The summed E-state index contributed by atoms with van der Waals surface area (Å²) in [6.07, 6.45) is 8.31. The molecule has 2 aliphatic rings. The molecule has 2 aliphatic carbocycles. The maximum absolute atomic E-state index is 11.7. The van der Waals surface area contributed by atoms with E-state index in [1.54, 1.807) is 0 Å². The molecule has 74 valence electrons. The summed E-state index contributed by atoms with van der Waals surface area (Å²) in [5.41, 5.74) is -0.0735. The summed E-state index contributed by atoms with van der Waals surface area (Å²) < 4.78 is 4.93. The molecule has 0 aliphatic heterocycles. The minimum atomic E-state index is -0.0735. The van der Waals surface area contributed by atoms with Crippen molar-refractivity contribution < 1.29 is 9.53 Å². The van der Waals surface area contributed by atoms with Crippen molar-refractivity contribution >= 4 is 5.97 Å². The van der Waals surface area contributed by atoms with E-state index in [2.05, 4.69) is 0 Å². The Labute approximate surface area is 79.7 Å². The Morgan fingerprint density at radius 2 is 2.00 bits per heavy atom. The van der Waals surface area contributed by atoms with E-state index < -0.39 is 0 Å². The van der Waals surface area contributed by atoms with Crippen molar-refractivity contribution in [3.8, 4) is 0 Å². The van der Waals surface area contributed by atoms with E-state index >= 15 is 0 Å². The molecule has 2 fully saturated rings. The Balaban J connectivity index is 2.03. The molecule has 0 unspecified atom stereocenters. The zero-order valence-electron chi connectivity index (χ0n) is 8.34. The molecule has 0 aromatic rings. The average Bonchev–Trinajstić information content (AvgIpc) is 2.81.